The molecule has 6 heteroatoms. The molecule has 0 saturated carbocycles. The minimum Gasteiger partial charge on any atom is -0.352 e. The van der Waals surface area contributed by atoms with Gasteiger partial charge in [-0.1, -0.05) is 6.07 Å². The number of carbonyl (C=O) groups is 2. The highest BCUT2D eigenvalue weighted by molar-refractivity contribution is 5.96. The third kappa shape index (κ3) is 4.55. The van der Waals surface area contributed by atoms with Crippen LogP contribution in [0.25, 0.3) is 0 Å². The first kappa shape index (κ1) is 17.5. The predicted molar refractivity (Wildman–Crippen MR) is 94.0 cm³/mol. The zero-order chi connectivity index (χ0) is 17.5. The first-order valence-electron chi connectivity index (χ1n) is 7.88. The molecule has 6 nitrogen and oxygen atoms in total. The lowest BCUT2D eigenvalue weighted by molar-refractivity contribution is 0.0955. The van der Waals surface area contributed by atoms with Crippen LogP contribution in [0, 0.1) is 6.92 Å². The number of benzene rings is 1. The SMILES string of the molecule is CCNC(=O)c1ccc(NC(=O)N[C@@H](C)c2ccccn2)c(C)c1. The molecular weight excluding hydrogens is 304 g/mol. The van der Waals surface area contributed by atoms with Gasteiger partial charge in [-0.3, -0.25) is 9.78 Å². The Balaban J connectivity index is 2.00. The lowest BCUT2D eigenvalue weighted by Gasteiger charge is -2.15. The van der Waals surface area contributed by atoms with Crippen LogP contribution in [0.1, 0.15) is 41.5 Å². The number of hydrogen-bond acceptors (Lipinski definition) is 3. The summed E-state index contributed by atoms with van der Waals surface area (Å²) in [6.07, 6.45) is 1.69. The largest absolute Gasteiger partial charge is 0.352 e. The van der Waals surface area contributed by atoms with Gasteiger partial charge in [0.05, 0.1) is 11.7 Å². The minimum atomic E-state index is -0.318. The maximum Gasteiger partial charge on any atom is 0.319 e. The molecule has 0 spiro atoms. The third-order valence-electron chi connectivity index (χ3n) is 3.55. The molecule has 0 unspecified atom stereocenters. The molecule has 2 rings (SSSR count). The Morgan fingerprint density at radius 2 is 2.00 bits per heavy atom. The lowest BCUT2D eigenvalue weighted by Crippen LogP contribution is -2.31. The van der Waals surface area contributed by atoms with Gasteiger partial charge < -0.3 is 16.0 Å². The number of hydrogen-bond donors (Lipinski definition) is 3. The number of nitrogens with zero attached hydrogens (tertiary/aromatic N) is 1. The fraction of sp³-hybridized carbons (Fsp3) is 0.278. The molecule has 0 fully saturated rings. The highest BCUT2D eigenvalue weighted by Gasteiger charge is 2.12. The molecule has 0 aliphatic rings. The van der Waals surface area contributed by atoms with Crippen molar-refractivity contribution in [2.75, 3.05) is 11.9 Å². The fourth-order valence-corrected chi connectivity index (χ4v) is 2.27. The van der Waals surface area contributed by atoms with Crippen molar-refractivity contribution in [1.29, 1.82) is 0 Å². The number of anilines is 1. The second-order valence-corrected chi connectivity index (χ2v) is 5.46. The maximum atomic E-state index is 12.1. The van der Waals surface area contributed by atoms with E-state index in [0.717, 1.165) is 11.3 Å². The first-order valence-corrected chi connectivity index (χ1v) is 7.88. The summed E-state index contributed by atoms with van der Waals surface area (Å²) in [5.41, 5.74) is 2.84. The number of amides is 3. The van der Waals surface area contributed by atoms with Crippen molar-refractivity contribution < 1.29 is 9.59 Å². The zero-order valence-electron chi connectivity index (χ0n) is 14.1. The van der Waals surface area contributed by atoms with Crippen LogP contribution in [-0.2, 0) is 0 Å². The number of urea groups is 1. The van der Waals surface area contributed by atoms with E-state index in [4.69, 9.17) is 0 Å². The second kappa shape index (κ2) is 8.10. The van der Waals surface area contributed by atoms with Gasteiger partial charge >= 0.3 is 6.03 Å². The Morgan fingerprint density at radius 1 is 1.21 bits per heavy atom. The molecule has 0 aliphatic carbocycles. The van der Waals surface area contributed by atoms with Gasteiger partial charge in [0.2, 0.25) is 0 Å². The number of aryl methyl sites for hydroxylation is 1. The fourth-order valence-electron chi connectivity index (χ4n) is 2.27. The number of nitrogens with one attached hydrogen (secondary N) is 3. The van der Waals surface area contributed by atoms with Crippen LogP contribution in [0.2, 0.25) is 0 Å². The number of carbonyl (C=O) groups excluding carboxylic acids is 2. The molecule has 1 atom stereocenters. The van der Waals surface area contributed by atoms with Crippen LogP contribution in [0.4, 0.5) is 10.5 Å². The molecular formula is C18H22N4O2. The van der Waals surface area contributed by atoms with E-state index >= 15 is 0 Å². The van der Waals surface area contributed by atoms with E-state index in [1.807, 2.05) is 39.0 Å². The van der Waals surface area contributed by atoms with E-state index < -0.39 is 0 Å². The Bertz CT molecular complexity index is 716. The van der Waals surface area contributed by atoms with Gasteiger partial charge in [-0.05, 0) is 56.7 Å². The summed E-state index contributed by atoms with van der Waals surface area (Å²) in [4.78, 5) is 28.2. The van der Waals surface area contributed by atoms with E-state index in [1.54, 1.807) is 24.4 Å². The monoisotopic (exact) mass is 326 g/mol. The summed E-state index contributed by atoms with van der Waals surface area (Å²) in [7, 11) is 0. The highest BCUT2D eigenvalue weighted by atomic mass is 16.2. The smallest absolute Gasteiger partial charge is 0.319 e. The molecule has 0 radical (unpaired) electrons. The molecule has 1 aromatic heterocycles. The van der Waals surface area contributed by atoms with Crippen LogP contribution >= 0.6 is 0 Å². The van der Waals surface area contributed by atoms with E-state index in [2.05, 4.69) is 20.9 Å². The number of pyridine rings is 1. The molecule has 0 aliphatic heterocycles. The Hall–Kier alpha value is -2.89. The van der Waals surface area contributed by atoms with Crippen LogP contribution < -0.4 is 16.0 Å². The van der Waals surface area contributed by atoms with Gasteiger partial charge in [0.25, 0.3) is 5.91 Å². The Labute approximate surface area is 141 Å². The first-order chi connectivity index (χ1) is 11.5. The topological polar surface area (TPSA) is 83.1 Å². The van der Waals surface area contributed by atoms with E-state index in [-0.39, 0.29) is 18.0 Å². The summed E-state index contributed by atoms with van der Waals surface area (Å²) in [6, 6.07) is 10.2. The molecule has 2 aromatic rings. The van der Waals surface area contributed by atoms with Gasteiger partial charge in [-0.25, -0.2) is 4.79 Å². The number of aromatic nitrogens is 1. The highest BCUT2D eigenvalue weighted by Crippen LogP contribution is 2.17. The lowest BCUT2D eigenvalue weighted by atomic mass is 10.1. The summed E-state index contributed by atoms with van der Waals surface area (Å²) in [6.45, 7) is 6.16. The molecule has 1 heterocycles. The second-order valence-electron chi connectivity index (χ2n) is 5.46. The third-order valence-corrected chi connectivity index (χ3v) is 3.55. The van der Waals surface area contributed by atoms with Gasteiger partial charge in [0.1, 0.15) is 0 Å². The van der Waals surface area contributed by atoms with Crippen molar-refractivity contribution in [3.63, 3.8) is 0 Å². The average molecular weight is 326 g/mol. The number of rotatable bonds is 5. The summed E-state index contributed by atoms with van der Waals surface area (Å²) in [5, 5.41) is 8.39. The average Bonchev–Trinajstić information content (AvgIpc) is 2.57. The van der Waals surface area contributed by atoms with E-state index in [9.17, 15) is 9.59 Å². The van der Waals surface area contributed by atoms with Gasteiger partial charge in [0.15, 0.2) is 0 Å². The van der Waals surface area contributed by atoms with E-state index in [0.29, 0.717) is 17.8 Å². The Morgan fingerprint density at radius 3 is 2.62 bits per heavy atom. The van der Waals surface area contributed by atoms with Crippen molar-refractivity contribution in [2.24, 2.45) is 0 Å². The summed E-state index contributed by atoms with van der Waals surface area (Å²) in [5.74, 6) is -0.125. The van der Waals surface area contributed by atoms with Gasteiger partial charge in [-0.2, -0.15) is 0 Å². The van der Waals surface area contributed by atoms with Crippen LogP contribution in [0.15, 0.2) is 42.6 Å². The quantitative estimate of drug-likeness (QED) is 0.790. The molecule has 3 N–H and O–H groups in total. The van der Waals surface area contributed by atoms with Crippen LogP contribution in [-0.4, -0.2) is 23.5 Å². The molecule has 0 bridgehead atoms. The standard InChI is InChI=1S/C18H22N4O2/c1-4-19-17(23)14-8-9-15(12(2)11-14)22-18(24)21-13(3)16-7-5-6-10-20-16/h5-11,13H,4H2,1-3H3,(H,19,23)(H2,21,22,24)/t13-/m0/s1. The molecule has 3 amide bonds. The van der Waals surface area contributed by atoms with Crippen molar-refractivity contribution >= 4 is 17.6 Å². The molecule has 24 heavy (non-hydrogen) atoms. The summed E-state index contributed by atoms with van der Waals surface area (Å²) < 4.78 is 0. The summed E-state index contributed by atoms with van der Waals surface area (Å²) >= 11 is 0. The molecule has 0 saturated heterocycles. The normalized spacial score (nSPS) is 11.5. The van der Waals surface area contributed by atoms with Crippen molar-refractivity contribution in [3.8, 4) is 0 Å². The predicted octanol–water partition coefficient (Wildman–Crippen LogP) is 3.02. The minimum absolute atomic E-state index is 0.125. The van der Waals surface area contributed by atoms with Crippen molar-refractivity contribution in [3.05, 3.63) is 59.4 Å². The molecule has 1 aromatic carbocycles. The van der Waals surface area contributed by atoms with Crippen molar-refractivity contribution in [1.82, 2.24) is 15.6 Å². The van der Waals surface area contributed by atoms with E-state index in [1.165, 1.54) is 0 Å². The van der Waals surface area contributed by atoms with Gasteiger partial charge in [0, 0.05) is 24.0 Å². The molecule has 126 valence electrons. The zero-order valence-corrected chi connectivity index (χ0v) is 14.1. The maximum absolute atomic E-state index is 12.1. The van der Waals surface area contributed by atoms with Crippen LogP contribution in [0.3, 0.4) is 0 Å². The van der Waals surface area contributed by atoms with Crippen molar-refractivity contribution in [2.45, 2.75) is 26.8 Å². The van der Waals surface area contributed by atoms with Crippen LogP contribution in [0.5, 0.6) is 0 Å². The van der Waals surface area contributed by atoms with Gasteiger partial charge in [-0.15, -0.1) is 0 Å². The Kier molecular flexibility index (Phi) is 5.89.